The number of benzene rings is 1. The summed E-state index contributed by atoms with van der Waals surface area (Å²) in [6, 6.07) is 7.52. The highest BCUT2D eigenvalue weighted by Crippen LogP contribution is 2.31. The zero-order chi connectivity index (χ0) is 16.5. The third-order valence-corrected chi connectivity index (χ3v) is 5.06. The van der Waals surface area contributed by atoms with E-state index in [0.29, 0.717) is 5.76 Å². The maximum atomic E-state index is 12.2. The first-order valence-corrected chi connectivity index (χ1v) is 8.61. The molecule has 4 rings (SSSR count). The number of hydrogen-bond acceptors (Lipinski definition) is 6. The normalized spacial score (nSPS) is 15.0. The lowest BCUT2D eigenvalue weighted by molar-refractivity contribution is 0.0996. The van der Waals surface area contributed by atoms with Crippen molar-refractivity contribution in [1.29, 1.82) is 0 Å². The van der Waals surface area contributed by atoms with Crippen LogP contribution in [0.2, 0.25) is 0 Å². The van der Waals surface area contributed by atoms with E-state index in [9.17, 15) is 4.79 Å². The van der Waals surface area contributed by atoms with Crippen LogP contribution in [0.1, 0.15) is 16.1 Å². The van der Waals surface area contributed by atoms with Crippen LogP contribution in [-0.4, -0.2) is 37.2 Å². The summed E-state index contributed by atoms with van der Waals surface area (Å²) in [6.45, 7) is 5.04. The third kappa shape index (κ3) is 2.88. The van der Waals surface area contributed by atoms with Crippen LogP contribution in [0.3, 0.4) is 0 Å². The fourth-order valence-corrected chi connectivity index (χ4v) is 3.73. The SMILES string of the molecule is Cc1ccoc1C(=O)Nc1ccc2nc(N3CCOCC3)sc2c1. The van der Waals surface area contributed by atoms with Gasteiger partial charge >= 0.3 is 0 Å². The minimum atomic E-state index is -0.241. The number of carbonyl (C=O) groups excluding carboxylic acids is 1. The Hall–Kier alpha value is -2.38. The molecule has 0 spiro atoms. The number of nitrogens with zero attached hydrogens (tertiary/aromatic N) is 2. The van der Waals surface area contributed by atoms with Crippen molar-refractivity contribution in [3.05, 3.63) is 41.9 Å². The van der Waals surface area contributed by atoms with Gasteiger partial charge in [0.25, 0.3) is 5.91 Å². The first-order valence-electron chi connectivity index (χ1n) is 7.79. The van der Waals surface area contributed by atoms with Crippen LogP contribution in [0.5, 0.6) is 0 Å². The molecule has 0 aliphatic carbocycles. The molecule has 24 heavy (non-hydrogen) atoms. The number of carbonyl (C=O) groups is 1. The Labute approximate surface area is 143 Å². The maximum Gasteiger partial charge on any atom is 0.291 e. The minimum Gasteiger partial charge on any atom is -0.459 e. The van der Waals surface area contributed by atoms with Gasteiger partial charge in [0, 0.05) is 24.3 Å². The predicted octanol–water partition coefficient (Wildman–Crippen LogP) is 3.29. The topological polar surface area (TPSA) is 67.6 Å². The van der Waals surface area contributed by atoms with Gasteiger partial charge in [-0.1, -0.05) is 11.3 Å². The number of aryl methyl sites for hydroxylation is 1. The van der Waals surface area contributed by atoms with Crippen LogP contribution < -0.4 is 10.2 Å². The number of furan rings is 1. The summed E-state index contributed by atoms with van der Waals surface area (Å²) in [5, 5.41) is 3.88. The number of amides is 1. The summed E-state index contributed by atoms with van der Waals surface area (Å²) in [7, 11) is 0. The Balaban J connectivity index is 1.56. The van der Waals surface area contributed by atoms with Crippen molar-refractivity contribution >= 4 is 38.3 Å². The molecule has 0 atom stereocenters. The largest absolute Gasteiger partial charge is 0.459 e. The van der Waals surface area contributed by atoms with Crippen molar-refractivity contribution < 1.29 is 13.9 Å². The Morgan fingerprint density at radius 1 is 1.29 bits per heavy atom. The second-order valence-corrected chi connectivity index (χ2v) is 6.67. The van der Waals surface area contributed by atoms with Crippen molar-refractivity contribution in [2.75, 3.05) is 36.5 Å². The minimum absolute atomic E-state index is 0.241. The summed E-state index contributed by atoms with van der Waals surface area (Å²) < 4.78 is 11.7. The van der Waals surface area contributed by atoms with Gasteiger partial charge in [-0.15, -0.1) is 0 Å². The Morgan fingerprint density at radius 3 is 2.88 bits per heavy atom. The zero-order valence-electron chi connectivity index (χ0n) is 13.2. The van der Waals surface area contributed by atoms with E-state index in [4.69, 9.17) is 9.15 Å². The summed E-state index contributed by atoms with van der Waals surface area (Å²) in [6.07, 6.45) is 1.52. The fraction of sp³-hybridized carbons (Fsp3) is 0.294. The molecule has 0 unspecified atom stereocenters. The summed E-state index contributed by atoms with van der Waals surface area (Å²) in [5.41, 5.74) is 2.50. The predicted molar refractivity (Wildman–Crippen MR) is 94.1 cm³/mol. The van der Waals surface area contributed by atoms with Gasteiger partial charge in [-0.2, -0.15) is 0 Å². The second-order valence-electron chi connectivity index (χ2n) is 5.67. The van der Waals surface area contributed by atoms with E-state index in [1.807, 2.05) is 25.1 Å². The smallest absolute Gasteiger partial charge is 0.291 e. The van der Waals surface area contributed by atoms with E-state index in [0.717, 1.165) is 52.9 Å². The molecule has 0 radical (unpaired) electrons. The van der Waals surface area contributed by atoms with Crippen molar-refractivity contribution in [3.63, 3.8) is 0 Å². The van der Waals surface area contributed by atoms with Crippen molar-refractivity contribution in [1.82, 2.24) is 4.98 Å². The molecule has 7 heteroatoms. The van der Waals surface area contributed by atoms with Crippen LogP contribution in [0.15, 0.2) is 34.9 Å². The highest BCUT2D eigenvalue weighted by Gasteiger charge is 2.17. The number of thiazole rings is 1. The molecule has 1 saturated heterocycles. The Kier molecular flexibility index (Phi) is 3.95. The van der Waals surface area contributed by atoms with Crippen molar-refractivity contribution in [2.24, 2.45) is 0 Å². The van der Waals surface area contributed by atoms with Gasteiger partial charge in [0.15, 0.2) is 10.9 Å². The number of morpholine rings is 1. The lowest BCUT2D eigenvalue weighted by Gasteiger charge is -2.25. The van der Waals surface area contributed by atoms with E-state index in [1.165, 1.54) is 6.26 Å². The van der Waals surface area contributed by atoms with Crippen molar-refractivity contribution in [3.8, 4) is 0 Å². The molecule has 1 aromatic carbocycles. The summed E-state index contributed by atoms with van der Waals surface area (Å²) in [4.78, 5) is 19.2. The van der Waals surface area contributed by atoms with Crippen molar-refractivity contribution in [2.45, 2.75) is 6.92 Å². The van der Waals surface area contributed by atoms with E-state index in [1.54, 1.807) is 17.4 Å². The van der Waals surface area contributed by atoms with Gasteiger partial charge in [-0.05, 0) is 31.2 Å². The second kappa shape index (κ2) is 6.26. The van der Waals surface area contributed by atoms with E-state index < -0.39 is 0 Å². The van der Waals surface area contributed by atoms with Gasteiger partial charge in [-0.25, -0.2) is 4.98 Å². The molecule has 6 nitrogen and oxygen atoms in total. The molecular formula is C17H17N3O3S. The molecule has 1 fully saturated rings. The van der Waals surface area contributed by atoms with Gasteiger partial charge in [0.2, 0.25) is 0 Å². The van der Waals surface area contributed by atoms with Crippen LogP contribution in [-0.2, 0) is 4.74 Å². The molecule has 1 amide bonds. The molecule has 1 aliphatic heterocycles. The van der Waals surface area contributed by atoms with Crippen LogP contribution in [0.25, 0.3) is 10.2 Å². The first-order chi connectivity index (χ1) is 11.7. The highest BCUT2D eigenvalue weighted by molar-refractivity contribution is 7.22. The molecule has 124 valence electrons. The molecule has 3 aromatic rings. The number of nitrogens with one attached hydrogen (secondary N) is 1. The lowest BCUT2D eigenvalue weighted by atomic mass is 10.2. The Morgan fingerprint density at radius 2 is 2.12 bits per heavy atom. The molecule has 1 aliphatic rings. The highest BCUT2D eigenvalue weighted by atomic mass is 32.1. The lowest BCUT2D eigenvalue weighted by Crippen LogP contribution is -2.36. The average molecular weight is 343 g/mol. The molecule has 3 heterocycles. The number of fused-ring (bicyclic) bond motifs is 1. The molecule has 0 bridgehead atoms. The fourth-order valence-electron chi connectivity index (χ4n) is 2.67. The number of aromatic nitrogens is 1. The summed E-state index contributed by atoms with van der Waals surface area (Å²) >= 11 is 1.63. The van der Waals surface area contributed by atoms with Crippen LogP contribution in [0.4, 0.5) is 10.8 Å². The number of anilines is 2. The maximum absolute atomic E-state index is 12.2. The van der Waals surface area contributed by atoms with E-state index >= 15 is 0 Å². The molecule has 2 aromatic heterocycles. The first kappa shape index (κ1) is 15.2. The van der Waals surface area contributed by atoms with E-state index in [-0.39, 0.29) is 5.91 Å². The molecule has 0 saturated carbocycles. The summed E-state index contributed by atoms with van der Waals surface area (Å²) in [5.74, 6) is 0.100. The standard InChI is InChI=1S/C17H17N3O3S/c1-11-4-7-23-15(11)16(21)18-12-2-3-13-14(10-12)24-17(19-13)20-5-8-22-9-6-20/h2-4,7,10H,5-6,8-9H2,1H3,(H,18,21). The van der Waals surface area contributed by atoms with Gasteiger partial charge in [0.05, 0.1) is 29.7 Å². The van der Waals surface area contributed by atoms with E-state index in [2.05, 4.69) is 15.2 Å². The van der Waals surface area contributed by atoms with Crippen LogP contribution in [0, 0.1) is 6.92 Å². The number of rotatable bonds is 3. The van der Waals surface area contributed by atoms with Gasteiger partial charge in [-0.3, -0.25) is 4.79 Å². The van der Waals surface area contributed by atoms with Crippen LogP contribution >= 0.6 is 11.3 Å². The van der Waals surface area contributed by atoms with Gasteiger partial charge in [0.1, 0.15) is 0 Å². The Bertz CT molecular complexity index is 880. The monoisotopic (exact) mass is 343 g/mol. The van der Waals surface area contributed by atoms with Gasteiger partial charge < -0.3 is 19.4 Å². The number of ether oxygens (including phenoxy) is 1. The third-order valence-electron chi connectivity index (χ3n) is 3.98. The quantitative estimate of drug-likeness (QED) is 0.790. The molecular weight excluding hydrogens is 326 g/mol. The number of hydrogen-bond donors (Lipinski definition) is 1. The average Bonchev–Trinajstić information content (AvgIpc) is 3.21. The zero-order valence-corrected chi connectivity index (χ0v) is 14.1. The molecule has 1 N–H and O–H groups in total.